The van der Waals surface area contributed by atoms with Gasteiger partial charge in [0.25, 0.3) is 5.56 Å². The third kappa shape index (κ3) is 4.52. The molecule has 34 heavy (non-hydrogen) atoms. The molecule has 3 heterocycles. The third-order valence-corrected chi connectivity index (χ3v) is 6.07. The maximum Gasteiger partial charge on any atom is 0.295 e. The summed E-state index contributed by atoms with van der Waals surface area (Å²) in [5, 5.41) is 0. The Morgan fingerprint density at radius 1 is 0.882 bits per heavy atom. The first-order valence-electron chi connectivity index (χ1n) is 11.2. The van der Waals surface area contributed by atoms with Crippen molar-refractivity contribution in [3.8, 4) is 0 Å². The maximum atomic E-state index is 13.5. The highest BCUT2D eigenvalue weighted by Crippen LogP contribution is 2.16. The van der Waals surface area contributed by atoms with Crippen molar-refractivity contribution in [2.45, 2.75) is 13.0 Å². The predicted molar refractivity (Wildman–Crippen MR) is 128 cm³/mol. The molecule has 0 saturated carbocycles. The van der Waals surface area contributed by atoms with Crippen LogP contribution >= 0.6 is 0 Å². The molecule has 172 valence electrons. The minimum Gasteiger partial charge on any atom is -0.348 e. The Kier molecular flexibility index (Phi) is 6.03. The Hall–Kier alpha value is -4.07. The summed E-state index contributed by atoms with van der Waals surface area (Å²) in [5.41, 5.74) is 2.79. The number of hydrogen-bond acceptors (Lipinski definition) is 5. The molecule has 1 aliphatic heterocycles. The monoisotopic (exact) mass is 457 g/mol. The summed E-state index contributed by atoms with van der Waals surface area (Å²) < 4.78 is 14.8. The molecule has 0 spiro atoms. The van der Waals surface area contributed by atoms with Gasteiger partial charge in [0.1, 0.15) is 11.3 Å². The number of aromatic nitrogens is 3. The van der Waals surface area contributed by atoms with E-state index >= 15 is 0 Å². The molecule has 5 rings (SSSR count). The van der Waals surface area contributed by atoms with E-state index in [1.54, 1.807) is 27.8 Å². The van der Waals surface area contributed by atoms with Crippen LogP contribution in [0, 0.1) is 5.82 Å². The van der Waals surface area contributed by atoms with Gasteiger partial charge in [0.05, 0.1) is 13.0 Å². The summed E-state index contributed by atoms with van der Waals surface area (Å²) in [6.45, 7) is 2.40. The molecule has 0 atom stereocenters. The highest BCUT2D eigenvalue weighted by atomic mass is 19.1. The molecule has 7 nitrogen and oxygen atoms in total. The highest BCUT2D eigenvalue weighted by Gasteiger charge is 2.25. The van der Waals surface area contributed by atoms with Crippen LogP contribution in [-0.2, 0) is 17.8 Å². The van der Waals surface area contributed by atoms with Crippen LogP contribution in [0.2, 0.25) is 0 Å². The molecule has 0 aliphatic carbocycles. The Labute approximate surface area is 196 Å². The predicted octanol–water partition coefficient (Wildman–Crippen LogP) is 2.87. The lowest BCUT2D eigenvalue weighted by Crippen LogP contribution is -2.51. The molecule has 1 aliphatic rings. The van der Waals surface area contributed by atoms with Gasteiger partial charge < -0.3 is 9.80 Å². The van der Waals surface area contributed by atoms with Crippen LogP contribution in [-0.4, -0.2) is 51.5 Å². The summed E-state index contributed by atoms with van der Waals surface area (Å²) in [6, 6.07) is 19.4. The van der Waals surface area contributed by atoms with Crippen LogP contribution < -0.4 is 10.5 Å². The minimum atomic E-state index is -0.319. The van der Waals surface area contributed by atoms with E-state index in [4.69, 9.17) is 0 Å². The lowest BCUT2D eigenvalue weighted by molar-refractivity contribution is -0.130. The molecule has 1 saturated heterocycles. The lowest BCUT2D eigenvalue weighted by atomic mass is 10.1. The van der Waals surface area contributed by atoms with Crippen LogP contribution in [0.15, 0.2) is 77.7 Å². The summed E-state index contributed by atoms with van der Waals surface area (Å²) in [5.74, 6) is 0.0475. The molecule has 2 aromatic heterocycles. The fourth-order valence-corrected chi connectivity index (χ4v) is 4.24. The van der Waals surface area contributed by atoms with E-state index in [2.05, 4.69) is 9.97 Å². The van der Waals surface area contributed by atoms with E-state index in [-0.39, 0.29) is 23.7 Å². The van der Waals surface area contributed by atoms with E-state index in [1.807, 2.05) is 47.4 Å². The van der Waals surface area contributed by atoms with E-state index in [1.165, 1.54) is 12.1 Å². The first-order valence-corrected chi connectivity index (χ1v) is 11.2. The van der Waals surface area contributed by atoms with Gasteiger partial charge in [-0.15, -0.1) is 0 Å². The van der Waals surface area contributed by atoms with Crippen molar-refractivity contribution >= 4 is 22.9 Å². The van der Waals surface area contributed by atoms with Crippen molar-refractivity contribution in [2.75, 3.05) is 31.1 Å². The second kappa shape index (κ2) is 9.43. The molecule has 0 N–H and O–H groups in total. The van der Waals surface area contributed by atoms with Gasteiger partial charge in [-0.2, -0.15) is 0 Å². The number of anilines is 1. The van der Waals surface area contributed by atoms with Gasteiger partial charge in [-0.3, -0.25) is 14.2 Å². The topological polar surface area (TPSA) is 71.3 Å². The number of carbonyl (C=O) groups is 1. The average molecular weight is 458 g/mol. The van der Waals surface area contributed by atoms with Crippen molar-refractivity contribution in [3.63, 3.8) is 0 Å². The Bertz CT molecular complexity index is 1360. The molecule has 1 fully saturated rings. The van der Waals surface area contributed by atoms with Crippen molar-refractivity contribution in [1.29, 1.82) is 0 Å². The van der Waals surface area contributed by atoms with Gasteiger partial charge in [-0.05, 0) is 35.4 Å². The van der Waals surface area contributed by atoms with E-state index in [0.717, 1.165) is 11.1 Å². The molecule has 0 unspecified atom stereocenters. The maximum absolute atomic E-state index is 13.5. The fraction of sp³-hybridized carbons (Fsp3) is 0.231. The smallest absolute Gasteiger partial charge is 0.295 e. The standard InChI is InChI=1S/C26H24FN5O2/c27-21-10-8-19(9-11-21)17-23(33)30-13-15-31(16-14-30)25-26(34)32(18-20-5-2-1-3-6-20)24-22(29-25)7-4-12-28-24/h1-12H,13-18H2. The Morgan fingerprint density at radius 3 is 2.35 bits per heavy atom. The number of pyridine rings is 1. The lowest BCUT2D eigenvalue weighted by Gasteiger charge is -2.35. The van der Waals surface area contributed by atoms with Gasteiger partial charge in [0, 0.05) is 32.4 Å². The number of rotatable bonds is 5. The zero-order chi connectivity index (χ0) is 23.5. The molecular formula is C26H24FN5O2. The SMILES string of the molecule is O=C(Cc1ccc(F)cc1)N1CCN(c2nc3cccnc3n(Cc3ccccc3)c2=O)CC1. The summed E-state index contributed by atoms with van der Waals surface area (Å²) >= 11 is 0. The van der Waals surface area contributed by atoms with Crippen LogP contribution in [0.5, 0.6) is 0 Å². The Balaban J connectivity index is 1.36. The molecule has 8 heteroatoms. The quantitative estimate of drug-likeness (QED) is 0.461. The van der Waals surface area contributed by atoms with E-state index in [9.17, 15) is 14.0 Å². The molecule has 0 bridgehead atoms. The summed E-state index contributed by atoms with van der Waals surface area (Å²) in [7, 11) is 0. The van der Waals surface area contributed by atoms with Gasteiger partial charge in [-0.1, -0.05) is 42.5 Å². The molecule has 0 radical (unpaired) electrons. The van der Waals surface area contributed by atoms with Crippen molar-refractivity contribution in [2.24, 2.45) is 0 Å². The van der Waals surface area contributed by atoms with Gasteiger partial charge in [0.2, 0.25) is 5.91 Å². The van der Waals surface area contributed by atoms with E-state index in [0.29, 0.717) is 49.7 Å². The first kappa shape index (κ1) is 21.8. The van der Waals surface area contributed by atoms with Crippen molar-refractivity contribution in [3.05, 3.63) is 100 Å². The number of nitrogens with zero attached hydrogens (tertiary/aromatic N) is 5. The highest BCUT2D eigenvalue weighted by molar-refractivity contribution is 5.79. The average Bonchev–Trinajstić information content (AvgIpc) is 2.87. The normalized spacial score (nSPS) is 13.9. The number of benzene rings is 2. The number of amides is 1. The van der Waals surface area contributed by atoms with Crippen LogP contribution in [0.3, 0.4) is 0 Å². The van der Waals surface area contributed by atoms with Gasteiger partial charge in [-0.25, -0.2) is 14.4 Å². The van der Waals surface area contributed by atoms with Crippen LogP contribution in [0.1, 0.15) is 11.1 Å². The van der Waals surface area contributed by atoms with Crippen molar-refractivity contribution in [1.82, 2.24) is 19.4 Å². The molecule has 1 amide bonds. The second-order valence-electron chi connectivity index (χ2n) is 8.33. The number of piperazine rings is 1. The Morgan fingerprint density at radius 2 is 1.62 bits per heavy atom. The zero-order valence-corrected chi connectivity index (χ0v) is 18.6. The van der Waals surface area contributed by atoms with Gasteiger partial charge in [0.15, 0.2) is 11.5 Å². The molecule has 4 aromatic rings. The molecular weight excluding hydrogens is 433 g/mol. The van der Waals surface area contributed by atoms with Gasteiger partial charge >= 0.3 is 0 Å². The number of hydrogen-bond donors (Lipinski definition) is 0. The number of fused-ring (bicyclic) bond motifs is 1. The van der Waals surface area contributed by atoms with Crippen LogP contribution in [0.4, 0.5) is 10.2 Å². The zero-order valence-electron chi connectivity index (χ0n) is 18.6. The van der Waals surface area contributed by atoms with E-state index < -0.39 is 0 Å². The second-order valence-corrected chi connectivity index (χ2v) is 8.33. The van der Waals surface area contributed by atoms with Crippen LogP contribution in [0.25, 0.3) is 11.2 Å². The van der Waals surface area contributed by atoms with Crippen molar-refractivity contribution < 1.29 is 9.18 Å². The minimum absolute atomic E-state index is 0.0107. The number of halogens is 1. The summed E-state index contributed by atoms with van der Waals surface area (Å²) in [4.78, 5) is 39.0. The number of carbonyl (C=O) groups excluding carboxylic acids is 1. The first-order chi connectivity index (χ1) is 16.6. The third-order valence-electron chi connectivity index (χ3n) is 6.07. The molecule has 2 aromatic carbocycles. The fourth-order valence-electron chi connectivity index (χ4n) is 4.24. The summed E-state index contributed by atoms with van der Waals surface area (Å²) in [6.07, 6.45) is 1.89. The largest absolute Gasteiger partial charge is 0.348 e.